The number of ether oxygens (including phenoxy) is 1. The van der Waals surface area contributed by atoms with Crippen LogP contribution < -0.4 is 10.1 Å². The molecule has 1 aliphatic carbocycles. The third-order valence-electron chi connectivity index (χ3n) is 4.29. The van der Waals surface area contributed by atoms with Crippen LogP contribution in [0, 0.1) is 0 Å². The average molecular weight is 276 g/mol. The van der Waals surface area contributed by atoms with Crippen molar-refractivity contribution in [3.8, 4) is 5.75 Å². The summed E-state index contributed by atoms with van der Waals surface area (Å²) in [6, 6.07) is 8.38. The van der Waals surface area contributed by atoms with Gasteiger partial charge in [0, 0.05) is 18.6 Å². The first kappa shape index (κ1) is 15.3. The van der Waals surface area contributed by atoms with Gasteiger partial charge in [0.15, 0.2) is 0 Å². The maximum Gasteiger partial charge on any atom is 0.120 e. The van der Waals surface area contributed by atoms with Gasteiger partial charge in [0.1, 0.15) is 5.75 Å². The number of likely N-dealkylation sites (N-methyl/N-ethyl adjacent to an activating group) is 1. The molecule has 0 spiro atoms. The Morgan fingerprint density at radius 3 is 2.60 bits per heavy atom. The molecule has 0 amide bonds. The molecule has 0 heterocycles. The van der Waals surface area contributed by atoms with E-state index in [1.54, 1.807) is 0 Å². The quantitative estimate of drug-likeness (QED) is 0.828. The second-order valence-corrected chi connectivity index (χ2v) is 6.39. The van der Waals surface area contributed by atoms with E-state index in [2.05, 4.69) is 56.4 Å². The van der Waals surface area contributed by atoms with Crippen molar-refractivity contribution in [2.75, 3.05) is 20.6 Å². The minimum Gasteiger partial charge on any atom is -0.491 e. The van der Waals surface area contributed by atoms with Gasteiger partial charge >= 0.3 is 0 Å². The molecular weight excluding hydrogens is 248 g/mol. The van der Waals surface area contributed by atoms with Crippen LogP contribution in [0.1, 0.15) is 38.7 Å². The third-order valence-corrected chi connectivity index (χ3v) is 4.29. The molecule has 0 aromatic heterocycles. The lowest BCUT2D eigenvalue weighted by Crippen LogP contribution is -2.56. The van der Waals surface area contributed by atoms with Gasteiger partial charge in [0.25, 0.3) is 0 Å². The van der Waals surface area contributed by atoms with Gasteiger partial charge in [-0.25, -0.2) is 0 Å². The van der Waals surface area contributed by atoms with Crippen molar-refractivity contribution >= 4 is 0 Å². The fraction of sp³-hybridized carbons (Fsp3) is 0.647. The summed E-state index contributed by atoms with van der Waals surface area (Å²) in [4.78, 5) is 2.38. The zero-order chi connectivity index (χ0) is 14.6. The number of hydrogen-bond acceptors (Lipinski definition) is 3. The Kier molecular flexibility index (Phi) is 5.06. The lowest BCUT2D eigenvalue weighted by molar-refractivity contribution is 0.0598. The van der Waals surface area contributed by atoms with Crippen molar-refractivity contribution in [1.82, 2.24) is 10.2 Å². The molecule has 2 rings (SSSR count). The monoisotopic (exact) mass is 276 g/mol. The van der Waals surface area contributed by atoms with E-state index >= 15 is 0 Å². The van der Waals surface area contributed by atoms with Gasteiger partial charge in [0.05, 0.1) is 6.10 Å². The predicted molar refractivity (Wildman–Crippen MR) is 84.2 cm³/mol. The molecule has 112 valence electrons. The molecule has 0 saturated heterocycles. The number of nitrogens with zero attached hydrogens (tertiary/aromatic N) is 1. The molecule has 0 aliphatic heterocycles. The van der Waals surface area contributed by atoms with E-state index in [-0.39, 0.29) is 6.10 Å². The summed E-state index contributed by atoms with van der Waals surface area (Å²) >= 11 is 0. The molecule has 0 radical (unpaired) electrons. The van der Waals surface area contributed by atoms with Gasteiger partial charge in [-0.15, -0.1) is 0 Å². The van der Waals surface area contributed by atoms with Gasteiger partial charge in [0.2, 0.25) is 0 Å². The van der Waals surface area contributed by atoms with Crippen LogP contribution in [0.5, 0.6) is 5.75 Å². The summed E-state index contributed by atoms with van der Waals surface area (Å²) in [7, 11) is 4.38. The molecule has 0 atom stereocenters. The summed E-state index contributed by atoms with van der Waals surface area (Å²) in [6.45, 7) is 6.09. The molecule has 20 heavy (non-hydrogen) atoms. The lowest BCUT2D eigenvalue weighted by atomic mass is 9.75. The van der Waals surface area contributed by atoms with E-state index in [0.29, 0.717) is 5.54 Å². The number of benzene rings is 1. The maximum atomic E-state index is 5.74. The van der Waals surface area contributed by atoms with Crippen LogP contribution in [-0.4, -0.2) is 37.2 Å². The summed E-state index contributed by atoms with van der Waals surface area (Å²) in [6.07, 6.45) is 4.20. The molecule has 1 aliphatic rings. The first-order valence-corrected chi connectivity index (χ1v) is 7.66. The van der Waals surface area contributed by atoms with Gasteiger partial charge in [-0.05, 0) is 64.9 Å². The van der Waals surface area contributed by atoms with Crippen LogP contribution in [0.15, 0.2) is 24.3 Å². The largest absolute Gasteiger partial charge is 0.491 e. The second kappa shape index (κ2) is 6.59. The minimum absolute atomic E-state index is 0.227. The van der Waals surface area contributed by atoms with E-state index in [1.165, 1.54) is 24.8 Å². The molecule has 0 unspecified atom stereocenters. The fourth-order valence-electron chi connectivity index (χ4n) is 2.81. The normalized spacial score (nSPS) is 17.3. The predicted octanol–water partition coefficient (Wildman–Crippen LogP) is 3.05. The third kappa shape index (κ3) is 3.74. The SMILES string of the molecule is CC(C)Oc1cccc(CNCC2(N(C)C)CCC2)c1. The molecule has 3 heteroatoms. The Morgan fingerprint density at radius 2 is 2.05 bits per heavy atom. The molecule has 1 aromatic rings. The van der Waals surface area contributed by atoms with Crippen molar-refractivity contribution in [3.63, 3.8) is 0 Å². The number of hydrogen-bond donors (Lipinski definition) is 1. The Hall–Kier alpha value is -1.06. The van der Waals surface area contributed by atoms with Crippen LogP contribution in [0.25, 0.3) is 0 Å². The average Bonchev–Trinajstić information content (AvgIpc) is 2.31. The van der Waals surface area contributed by atoms with Crippen molar-refractivity contribution < 1.29 is 4.74 Å². The Bertz CT molecular complexity index is 425. The minimum atomic E-state index is 0.227. The van der Waals surface area contributed by atoms with Gasteiger partial charge < -0.3 is 15.0 Å². The topological polar surface area (TPSA) is 24.5 Å². The van der Waals surface area contributed by atoms with Crippen LogP contribution >= 0.6 is 0 Å². The molecule has 0 bridgehead atoms. The zero-order valence-electron chi connectivity index (χ0n) is 13.3. The summed E-state index contributed by atoms with van der Waals surface area (Å²) < 4.78 is 5.74. The second-order valence-electron chi connectivity index (χ2n) is 6.39. The molecule has 1 aromatic carbocycles. The smallest absolute Gasteiger partial charge is 0.120 e. The molecular formula is C17H28N2O. The van der Waals surface area contributed by atoms with Crippen LogP contribution in [0.3, 0.4) is 0 Å². The van der Waals surface area contributed by atoms with E-state index in [1.807, 2.05) is 6.07 Å². The molecule has 1 fully saturated rings. The van der Waals surface area contributed by atoms with Gasteiger partial charge in [-0.2, -0.15) is 0 Å². The maximum absolute atomic E-state index is 5.74. The zero-order valence-corrected chi connectivity index (χ0v) is 13.3. The highest BCUT2D eigenvalue weighted by molar-refractivity contribution is 5.28. The number of nitrogens with one attached hydrogen (secondary N) is 1. The summed E-state index contributed by atoms with van der Waals surface area (Å²) in [5.41, 5.74) is 1.67. The van der Waals surface area contributed by atoms with E-state index in [9.17, 15) is 0 Å². The Labute approximate surface area is 123 Å². The molecule has 3 nitrogen and oxygen atoms in total. The summed E-state index contributed by atoms with van der Waals surface area (Å²) in [5, 5.41) is 3.61. The highest BCUT2D eigenvalue weighted by Crippen LogP contribution is 2.35. The van der Waals surface area contributed by atoms with E-state index in [4.69, 9.17) is 4.74 Å². The highest BCUT2D eigenvalue weighted by Gasteiger charge is 2.38. The Balaban J connectivity index is 1.85. The van der Waals surface area contributed by atoms with Crippen molar-refractivity contribution in [3.05, 3.63) is 29.8 Å². The van der Waals surface area contributed by atoms with Gasteiger partial charge in [-0.1, -0.05) is 12.1 Å². The molecule has 1 saturated carbocycles. The lowest BCUT2D eigenvalue weighted by Gasteiger charge is -2.47. The van der Waals surface area contributed by atoms with Crippen LogP contribution in [-0.2, 0) is 6.54 Å². The van der Waals surface area contributed by atoms with Crippen LogP contribution in [0.2, 0.25) is 0 Å². The van der Waals surface area contributed by atoms with Crippen molar-refractivity contribution in [2.24, 2.45) is 0 Å². The Morgan fingerprint density at radius 1 is 1.30 bits per heavy atom. The summed E-state index contributed by atoms with van der Waals surface area (Å²) in [5.74, 6) is 0.963. The van der Waals surface area contributed by atoms with Crippen molar-refractivity contribution in [2.45, 2.75) is 51.3 Å². The standard InChI is InChI=1S/C17H28N2O/c1-14(2)20-16-8-5-7-15(11-16)12-18-13-17(19(3)4)9-6-10-17/h5,7-8,11,14,18H,6,9-10,12-13H2,1-4H3. The van der Waals surface area contributed by atoms with E-state index in [0.717, 1.165) is 18.8 Å². The number of rotatable bonds is 7. The highest BCUT2D eigenvalue weighted by atomic mass is 16.5. The first-order chi connectivity index (χ1) is 9.52. The molecule has 1 N–H and O–H groups in total. The fourth-order valence-corrected chi connectivity index (χ4v) is 2.81. The van der Waals surface area contributed by atoms with E-state index < -0.39 is 0 Å². The van der Waals surface area contributed by atoms with Crippen molar-refractivity contribution in [1.29, 1.82) is 0 Å². The van der Waals surface area contributed by atoms with Crippen LogP contribution in [0.4, 0.5) is 0 Å². The van der Waals surface area contributed by atoms with Gasteiger partial charge in [-0.3, -0.25) is 0 Å². The first-order valence-electron chi connectivity index (χ1n) is 7.66.